The Morgan fingerprint density at radius 3 is 2.87 bits per heavy atom. The Balaban J connectivity index is 1.83. The zero-order chi connectivity index (χ0) is 10.5. The van der Waals surface area contributed by atoms with Crippen molar-refractivity contribution in [3.63, 3.8) is 0 Å². The summed E-state index contributed by atoms with van der Waals surface area (Å²) in [5.41, 5.74) is 1.29. The summed E-state index contributed by atoms with van der Waals surface area (Å²) in [5.74, 6) is 0. The number of benzene rings is 1. The maximum absolute atomic E-state index is 9.13. The third kappa shape index (κ3) is 2.78. The molecule has 2 unspecified atom stereocenters. The molecule has 0 saturated carbocycles. The Morgan fingerprint density at radius 1 is 1.33 bits per heavy atom. The zero-order valence-corrected chi connectivity index (χ0v) is 8.82. The fourth-order valence-corrected chi connectivity index (χ4v) is 2.05. The van der Waals surface area contributed by atoms with Gasteiger partial charge in [0, 0.05) is 18.6 Å². The average Bonchev–Trinajstić information content (AvgIpc) is 2.75. The van der Waals surface area contributed by atoms with Crippen molar-refractivity contribution < 1.29 is 5.11 Å². The van der Waals surface area contributed by atoms with Gasteiger partial charge in [0.15, 0.2) is 0 Å². The SMILES string of the molecule is OCC1NCCC1NCc1ccccc1. The third-order valence-electron chi connectivity index (χ3n) is 2.96. The predicted octanol–water partition coefficient (Wildman–Crippen LogP) is 0.499. The second-order valence-electron chi connectivity index (χ2n) is 4.00. The van der Waals surface area contributed by atoms with Crippen LogP contribution in [0.2, 0.25) is 0 Å². The van der Waals surface area contributed by atoms with E-state index < -0.39 is 0 Å². The molecule has 3 nitrogen and oxygen atoms in total. The molecule has 2 atom stereocenters. The Kier molecular flexibility index (Phi) is 3.72. The maximum Gasteiger partial charge on any atom is 0.0599 e. The van der Waals surface area contributed by atoms with E-state index in [2.05, 4.69) is 22.8 Å². The fraction of sp³-hybridized carbons (Fsp3) is 0.500. The van der Waals surface area contributed by atoms with Gasteiger partial charge in [-0.2, -0.15) is 0 Å². The summed E-state index contributed by atoms with van der Waals surface area (Å²) in [7, 11) is 0. The van der Waals surface area contributed by atoms with Crippen LogP contribution in [0.15, 0.2) is 30.3 Å². The molecule has 1 aliphatic heterocycles. The second-order valence-corrected chi connectivity index (χ2v) is 4.00. The van der Waals surface area contributed by atoms with Gasteiger partial charge in [-0.05, 0) is 18.5 Å². The highest BCUT2D eigenvalue weighted by molar-refractivity contribution is 5.14. The van der Waals surface area contributed by atoms with Crippen LogP contribution in [0.1, 0.15) is 12.0 Å². The smallest absolute Gasteiger partial charge is 0.0599 e. The van der Waals surface area contributed by atoms with Gasteiger partial charge in [-0.15, -0.1) is 0 Å². The van der Waals surface area contributed by atoms with Gasteiger partial charge in [0.2, 0.25) is 0 Å². The van der Waals surface area contributed by atoms with Gasteiger partial charge in [-0.3, -0.25) is 0 Å². The van der Waals surface area contributed by atoms with Crippen LogP contribution in [-0.4, -0.2) is 30.3 Å². The van der Waals surface area contributed by atoms with Gasteiger partial charge in [-0.1, -0.05) is 30.3 Å². The first kappa shape index (κ1) is 10.6. The summed E-state index contributed by atoms with van der Waals surface area (Å²) < 4.78 is 0. The third-order valence-corrected chi connectivity index (χ3v) is 2.96. The van der Waals surface area contributed by atoms with E-state index in [0.717, 1.165) is 19.5 Å². The first-order valence-corrected chi connectivity index (χ1v) is 5.51. The molecule has 1 saturated heterocycles. The van der Waals surface area contributed by atoms with Crippen LogP contribution in [-0.2, 0) is 6.54 Å². The van der Waals surface area contributed by atoms with E-state index in [4.69, 9.17) is 5.11 Å². The summed E-state index contributed by atoms with van der Waals surface area (Å²) in [4.78, 5) is 0. The molecular weight excluding hydrogens is 188 g/mol. The van der Waals surface area contributed by atoms with Crippen LogP contribution in [0.4, 0.5) is 0 Å². The summed E-state index contributed by atoms with van der Waals surface area (Å²) in [6.07, 6.45) is 1.10. The fourth-order valence-electron chi connectivity index (χ4n) is 2.05. The minimum absolute atomic E-state index is 0.215. The van der Waals surface area contributed by atoms with E-state index >= 15 is 0 Å². The minimum atomic E-state index is 0.215. The zero-order valence-electron chi connectivity index (χ0n) is 8.82. The maximum atomic E-state index is 9.13. The molecule has 1 fully saturated rings. The van der Waals surface area contributed by atoms with E-state index in [1.54, 1.807) is 0 Å². The molecule has 0 spiro atoms. The van der Waals surface area contributed by atoms with Gasteiger partial charge in [0.1, 0.15) is 0 Å². The van der Waals surface area contributed by atoms with E-state index in [1.165, 1.54) is 5.56 Å². The molecule has 1 heterocycles. The van der Waals surface area contributed by atoms with E-state index in [9.17, 15) is 0 Å². The normalized spacial score (nSPS) is 25.7. The topological polar surface area (TPSA) is 44.3 Å². The van der Waals surface area contributed by atoms with Crippen LogP contribution in [0.3, 0.4) is 0 Å². The van der Waals surface area contributed by atoms with Crippen molar-refractivity contribution in [2.75, 3.05) is 13.2 Å². The van der Waals surface area contributed by atoms with Crippen LogP contribution in [0.25, 0.3) is 0 Å². The second kappa shape index (κ2) is 5.26. The lowest BCUT2D eigenvalue weighted by Crippen LogP contribution is -2.42. The first-order chi connectivity index (χ1) is 7.40. The first-order valence-electron chi connectivity index (χ1n) is 5.51. The van der Waals surface area contributed by atoms with Crippen molar-refractivity contribution in [3.05, 3.63) is 35.9 Å². The van der Waals surface area contributed by atoms with Crippen molar-refractivity contribution in [2.24, 2.45) is 0 Å². The molecule has 3 N–H and O–H groups in total. The molecule has 2 rings (SSSR count). The number of rotatable bonds is 4. The molecule has 1 aromatic carbocycles. The lowest BCUT2D eigenvalue weighted by atomic mass is 10.1. The van der Waals surface area contributed by atoms with Crippen LogP contribution in [0.5, 0.6) is 0 Å². The van der Waals surface area contributed by atoms with E-state index in [-0.39, 0.29) is 12.6 Å². The Hall–Kier alpha value is -0.900. The highest BCUT2D eigenvalue weighted by Crippen LogP contribution is 2.07. The van der Waals surface area contributed by atoms with E-state index in [0.29, 0.717) is 6.04 Å². The molecular formula is C12H18N2O. The molecule has 0 aliphatic carbocycles. The number of nitrogens with one attached hydrogen (secondary N) is 2. The lowest BCUT2D eigenvalue weighted by molar-refractivity contribution is 0.235. The summed E-state index contributed by atoms with van der Waals surface area (Å²) in [5, 5.41) is 15.9. The Morgan fingerprint density at radius 2 is 2.13 bits per heavy atom. The molecule has 3 heteroatoms. The van der Waals surface area contributed by atoms with Crippen LogP contribution < -0.4 is 10.6 Å². The Labute approximate surface area is 90.5 Å². The molecule has 1 aliphatic rings. The van der Waals surface area contributed by atoms with Crippen molar-refractivity contribution in [3.8, 4) is 0 Å². The van der Waals surface area contributed by atoms with Crippen molar-refractivity contribution in [1.82, 2.24) is 10.6 Å². The number of aliphatic hydroxyl groups excluding tert-OH is 1. The van der Waals surface area contributed by atoms with Gasteiger partial charge < -0.3 is 15.7 Å². The number of hydrogen-bond acceptors (Lipinski definition) is 3. The largest absolute Gasteiger partial charge is 0.395 e. The van der Waals surface area contributed by atoms with Crippen molar-refractivity contribution >= 4 is 0 Å². The van der Waals surface area contributed by atoms with Crippen LogP contribution >= 0.6 is 0 Å². The molecule has 0 radical (unpaired) electrons. The number of aliphatic hydroxyl groups is 1. The summed E-state index contributed by atoms with van der Waals surface area (Å²) in [6, 6.07) is 11.0. The minimum Gasteiger partial charge on any atom is -0.395 e. The lowest BCUT2D eigenvalue weighted by Gasteiger charge is -2.18. The van der Waals surface area contributed by atoms with E-state index in [1.807, 2.05) is 18.2 Å². The highest BCUT2D eigenvalue weighted by Gasteiger charge is 2.24. The molecule has 0 aromatic heterocycles. The molecule has 0 bridgehead atoms. The summed E-state index contributed by atoms with van der Waals surface area (Å²) in [6.45, 7) is 2.09. The number of hydrogen-bond donors (Lipinski definition) is 3. The van der Waals surface area contributed by atoms with Gasteiger partial charge >= 0.3 is 0 Å². The molecule has 15 heavy (non-hydrogen) atoms. The molecule has 82 valence electrons. The van der Waals surface area contributed by atoms with Gasteiger partial charge in [-0.25, -0.2) is 0 Å². The van der Waals surface area contributed by atoms with Crippen molar-refractivity contribution in [2.45, 2.75) is 25.0 Å². The van der Waals surface area contributed by atoms with Crippen molar-refractivity contribution in [1.29, 1.82) is 0 Å². The van der Waals surface area contributed by atoms with Crippen LogP contribution in [0, 0.1) is 0 Å². The Bertz CT molecular complexity index is 289. The highest BCUT2D eigenvalue weighted by atomic mass is 16.3. The predicted molar refractivity (Wildman–Crippen MR) is 60.6 cm³/mol. The average molecular weight is 206 g/mol. The quantitative estimate of drug-likeness (QED) is 0.672. The molecule has 0 amide bonds. The standard InChI is InChI=1S/C12H18N2O/c15-9-12-11(6-7-13-12)14-8-10-4-2-1-3-5-10/h1-5,11-15H,6-9H2. The molecule has 1 aromatic rings. The summed E-state index contributed by atoms with van der Waals surface area (Å²) >= 11 is 0. The monoisotopic (exact) mass is 206 g/mol. The van der Waals surface area contributed by atoms with Gasteiger partial charge in [0.05, 0.1) is 6.61 Å². The van der Waals surface area contributed by atoms with Gasteiger partial charge in [0.25, 0.3) is 0 Å².